The van der Waals surface area contributed by atoms with Gasteiger partial charge in [-0.1, -0.05) is 40.0 Å². The summed E-state index contributed by atoms with van der Waals surface area (Å²) >= 11 is 0. The number of hydrogen-bond acceptors (Lipinski definition) is 1. The predicted octanol–water partition coefficient (Wildman–Crippen LogP) is 4.02. The first-order valence-electron chi connectivity index (χ1n) is 4.72. The third-order valence-corrected chi connectivity index (χ3v) is 1.16. The average Bonchev–Trinajstić information content (AvgIpc) is 1.89. The van der Waals surface area contributed by atoms with Gasteiger partial charge in [-0.15, -0.1) is 0 Å². The number of rotatable bonds is 4. The fraction of sp³-hybridized carbons (Fsp3) is 0.900. The maximum absolute atomic E-state index is 7.07. The van der Waals surface area contributed by atoms with Crippen LogP contribution in [0, 0.1) is 5.41 Å². The third-order valence-electron chi connectivity index (χ3n) is 1.16. The van der Waals surface area contributed by atoms with Crippen molar-refractivity contribution in [2.75, 3.05) is 0 Å². The van der Waals surface area contributed by atoms with Crippen LogP contribution in [0.4, 0.5) is 0 Å². The molecule has 0 rings (SSSR count). The van der Waals surface area contributed by atoms with Crippen LogP contribution in [0.1, 0.15) is 59.8 Å². The van der Waals surface area contributed by atoms with Gasteiger partial charge in [0.05, 0.1) is 0 Å². The molecule has 2 heteroatoms. The molecule has 0 fully saturated rings. The molecule has 0 spiro atoms. The summed E-state index contributed by atoms with van der Waals surface area (Å²) in [5.41, 5.74) is 0.818. The molecule has 0 aliphatic rings. The van der Waals surface area contributed by atoms with Gasteiger partial charge in [0, 0.05) is 26.8 Å². The van der Waals surface area contributed by atoms with E-state index in [1.807, 2.05) is 6.92 Å². The van der Waals surface area contributed by atoms with Gasteiger partial charge in [0.25, 0.3) is 0 Å². The van der Waals surface area contributed by atoms with E-state index < -0.39 is 0 Å². The third kappa shape index (κ3) is 31.6. The Morgan fingerprint density at radius 3 is 1.75 bits per heavy atom. The predicted molar refractivity (Wildman–Crippen MR) is 53.5 cm³/mol. The summed E-state index contributed by atoms with van der Waals surface area (Å²) in [7, 11) is 0. The van der Waals surface area contributed by atoms with Gasteiger partial charge in [-0.2, -0.15) is 0 Å². The molecular weight excluding hydrogens is 318 g/mol. The summed E-state index contributed by atoms with van der Waals surface area (Å²) in [6.45, 7) is 8.30. The van der Waals surface area contributed by atoms with Gasteiger partial charge in [-0.05, 0) is 19.8 Å². The molecule has 0 aromatic rings. The molecule has 12 heavy (non-hydrogen) atoms. The van der Waals surface area contributed by atoms with Gasteiger partial charge in [-0.25, -0.2) is 0 Å². The largest absolute Gasteiger partial charge is 0.310 e. The van der Waals surface area contributed by atoms with E-state index in [1.54, 1.807) is 0 Å². The zero-order valence-electron chi connectivity index (χ0n) is 8.94. The van der Waals surface area contributed by atoms with Crippen molar-refractivity contribution in [1.82, 2.24) is 0 Å². The summed E-state index contributed by atoms with van der Waals surface area (Å²) < 4.78 is 0. The molecular formula is C10H23NW. The normalized spacial score (nSPS) is 7.67. The van der Waals surface area contributed by atoms with Crippen LogP contribution < -0.4 is 0 Å². The van der Waals surface area contributed by atoms with E-state index in [2.05, 4.69) is 20.8 Å². The quantitative estimate of drug-likeness (QED) is 0.590. The first-order valence-corrected chi connectivity index (χ1v) is 4.72. The standard InChI is InChI=1S/C7H15N.C3H8.W/c1-3-4-5-6-7(2)8;1-3-2;/h8H,3-6H2,1-2H3;3H2,1-2H3;. The minimum Gasteiger partial charge on any atom is -0.310 e. The molecule has 0 aromatic carbocycles. The van der Waals surface area contributed by atoms with Crippen molar-refractivity contribution < 1.29 is 21.1 Å². The molecule has 0 bridgehead atoms. The molecule has 0 atom stereocenters. The van der Waals surface area contributed by atoms with Gasteiger partial charge >= 0.3 is 0 Å². The number of hydrogen-bond donors (Lipinski definition) is 1. The SMILES string of the molecule is CCC.CCCCCC(C)=N.[W]. The summed E-state index contributed by atoms with van der Waals surface area (Å²) in [4.78, 5) is 0. The molecule has 74 valence electrons. The minimum atomic E-state index is 0. The summed E-state index contributed by atoms with van der Waals surface area (Å²) in [5.74, 6) is 0. The van der Waals surface area contributed by atoms with Crippen LogP contribution in [0.25, 0.3) is 0 Å². The fourth-order valence-corrected chi connectivity index (χ4v) is 0.640. The van der Waals surface area contributed by atoms with E-state index in [0.717, 1.165) is 12.1 Å². The first-order chi connectivity index (χ1) is 5.18. The Bertz CT molecular complexity index is 81.9. The summed E-state index contributed by atoms with van der Waals surface area (Å²) in [5, 5.41) is 7.07. The topological polar surface area (TPSA) is 23.9 Å². The van der Waals surface area contributed by atoms with Gasteiger partial charge < -0.3 is 5.41 Å². The molecule has 1 N–H and O–H groups in total. The fourth-order valence-electron chi connectivity index (χ4n) is 0.640. The van der Waals surface area contributed by atoms with Gasteiger partial charge in [0.2, 0.25) is 0 Å². The Balaban J connectivity index is -0.000000177. The molecule has 0 unspecified atom stereocenters. The van der Waals surface area contributed by atoms with Crippen LogP contribution in [-0.4, -0.2) is 5.71 Å². The molecule has 0 radical (unpaired) electrons. The molecule has 0 saturated carbocycles. The van der Waals surface area contributed by atoms with E-state index in [9.17, 15) is 0 Å². The van der Waals surface area contributed by atoms with Gasteiger partial charge in [0.1, 0.15) is 0 Å². The van der Waals surface area contributed by atoms with E-state index in [1.165, 1.54) is 25.7 Å². The second-order valence-corrected chi connectivity index (χ2v) is 2.94. The summed E-state index contributed by atoms with van der Waals surface area (Å²) in [6.07, 6.45) is 5.98. The monoisotopic (exact) mass is 341 g/mol. The number of unbranched alkanes of at least 4 members (excludes halogenated alkanes) is 2. The van der Waals surface area contributed by atoms with Crippen molar-refractivity contribution in [2.45, 2.75) is 59.8 Å². The van der Waals surface area contributed by atoms with E-state index in [4.69, 9.17) is 5.41 Å². The van der Waals surface area contributed by atoms with Crippen LogP contribution in [0.15, 0.2) is 0 Å². The Kier molecular flexibility index (Phi) is 26.5. The molecule has 0 aliphatic heterocycles. The Morgan fingerprint density at radius 2 is 1.50 bits per heavy atom. The molecule has 1 nitrogen and oxygen atoms in total. The smallest absolute Gasteiger partial charge is 0.00582 e. The van der Waals surface area contributed by atoms with Crippen molar-refractivity contribution in [3.8, 4) is 0 Å². The molecule has 0 aromatic heterocycles. The van der Waals surface area contributed by atoms with E-state index >= 15 is 0 Å². The van der Waals surface area contributed by atoms with Crippen molar-refractivity contribution in [3.63, 3.8) is 0 Å². The van der Waals surface area contributed by atoms with Crippen LogP contribution in [0.3, 0.4) is 0 Å². The zero-order valence-corrected chi connectivity index (χ0v) is 11.9. The molecule has 0 amide bonds. The first kappa shape index (κ1) is 18.2. The van der Waals surface area contributed by atoms with Crippen molar-refractivity contribution >= 4 is 5.71 Å². The van der Waals surface area contributed by atoms with Crippen LogP contribution in [0.5, 0.6) is 0 Å². The van der Waals surface area contributed by atoms with Crippen LogP contribution >= 0.6 is 0 Å². The van der Waals surface area contributed by atoms with Crippen molar-refractivity contribution in [1.29, 1.82) is 5.41 Å². The maximum atomic E-state index is 7.07. The van der Waals surface area contributed by atoms with Gasteiger partial charge in [-0.3, -0.25) is 0 Å². The number of nitrogens with one attached hydrogen (secondary N) is 1. The zero-order chi connectivity index (χ0) is 9.11. The second kappa shape index (κ2) is 17.4. The van der Waals surface area contributed by atoms with Gasteiger partial charge in [0.15, 0.2) is 0 Å². The molecule has 0 saturated heterocycles. The Labute approximate surface area is 92.1 Å². The second-order valence-electron chi connectivity index (χ2n) is 2.94. The minimum absolute atomic E-state index is 0. The maximum Gasteiger partial charge on any atom is 0.00582 e. The summed E-state index contributed by atoms with van der Waals surface area (Å²) in [6, 6.07) is 0. The molecule has 0 heterocycles. The van der Waals surface area contributed by atoms with Crippen molar-refractivity contribution in [2.24, 2.45) is 0 Å². The molecule has 0 aliphatic carbocycles. The van der Waals surface area contributed by atoms with Crippen molar-refractivity contribution in [3.05, 3.63) is 0 Å². The van der Waals surface area contributed by atoms with E-state index in [0.29, 0.717) is 0 Å². The van der Waals surface area contributed by atoms with Crippen LogP contribution in [-0.2, 0) is 21.1 Å². The average molecular weight is 341 g/mol. The Morgan fingerprint density at radius 1 is 1.08 bits per heavy atom. The van der Waals surface area contributed by atoms with E-state index in [-0.39, 0.29) is 21.1 Å². The Hall–Kier alpha value is 0.358. The van der Waals surface area contributed by atoms with Crippen LogP contribution in [0.2, 0.25) is 0 Å².